The molecule has 2 saturated heterocycles. The smallest absolute Gasteiger partial charge is 0.870 e. The molecule has 20 heteroatoms. The average Bonchev–Trinajstić information content (AvgIpc) is 3.27. The molecule has 4 N–H and O–H groups in total. The zero-order chi connectivity index (χ0) is 47.4. The molecule has 2 aliphatic rings. The van der Waals surface area contributed by atoms with Crippen LogP contribution in [0.1, 0.15) is 71.4 Å². The van der Waals surface area contributed by atoms with E-state index in [4.69, 9.17) is 19.3 Å². The van der Waals surface area contributed by atoms with Gasteiger partial charge in [-0.3, -0.25) is 9.80 Å². The number of halogens is 8. The van der Waals surface area contributed by atoms with E-state index in [1.54, 1.807) is 48.5 Å². The molecular weight excluding hydrogens is 891 g/mol. The number of aromatic carboxylic acids is 1. The molecule has 4 aromatic rings. The number of methoxy groups -OCH3 is 1. The number of esters is 1. The van der Waals surface area contributed by atoms with Crippen LogP contribution in [0.4, 0.5) is 46.5 Å². The minimum absolute atomic E-state index is 0. The molecule has 2 fully saturated rings. The Hall–Kier alpha value is -5.06. The van der Waals surface area contributed by atoms with Gasteiger partial charge in [0.2, 0.25) is 0 Å². The summed E-state index contributed by atoms with van der Waals surface area (Å²) in [6, 6.07) is 27.4. The number of benzene rings is 4. The van der Waals surface area contributed by atoms with E-state index in [-0.39, 0.29) is 73.3 Å². The summed E-state index contributed by atoms with van der Waals surface area (Å²) in [4.78, 5) is 27.1. The number of ether oxygens (including phenoxy) is 3. The number of carboxylic acid groups (broad SMARTS) is 1. The van der Waals surface area contributed by atoms with Crippen LogP contribution >= 0.6 is 0 Å². The molecule has 0 unspecified atom stereocenters. The summed E-state index contributed by atoms with van der Waals surface area (Å²) in [7, 11) is 1.36. The summed E-state index contributed by atoms with van der Waals surface area (Å²) in [5.74, 6) is -17.9. The Morgan fingerprint density at radius 3 is 1.21 bits per heavy atom. The van der Waals surface area contributed by atoms with Gasteiger partial charge in [-0.05, 0) is 110 Å². The first-order valence-electron chi connectivity index (χ1n) is 21.0. The molecular formula is C47H55F8LiN4O7. The van der Waals surface area contributed by atoms with Crippen molar-refractivity contribution in [3.63, 3.8) is 0 Å². The SMILES string of the molecule is CC(F)(F)C(F)(F)COc1ccc(NC2CCN(Cc3ccc(C(=O)O)cc3)CC2)cc1.COC(=O)c1ccc(CN2CCC(Nc3ccc(OCC(F)(F)C(C)(F)F)cc3)CC2)cc1.[Li+].[OH-]. The van der Waals surface area contributed by atoms with Gasteiger partial charge in [-0.25, -0.2) is 27.2 Å². The molecule has 0 atom stereocenters. The fourth-order valence-corrected chi connectivity index (χ4v) is 6.97. The van der Waals surface area contributed by atoms with E-state index in [0.29, 0.717) is 5.56 Å². The van der Waals surface area contributed by atoms with Gasteiger partial charge in [-0.1, -0.05) is 24.3 Å². The van der Waals surface area contributed by atoms with Crippen LogP contribution in [0.25, 0.3) is 0 Å². The summed E-state index contributed by atoms with van der Waals surface area (Å²) in [5.41, 5.74) is 4.58. The molecule has 362 valence electrons. The number of anilines is 2. The number of carbonyl (C=O) groups excluding carboxylic acids is 1. The molecule has 2 heterocycles. The number of carbonyl (C=O) groups is 2. The molecule has 11 nitrogen and oxygen atoms in total. The van der Waals surface area contributed by atoms with Crippen molar-refractivity contribution in [2.45, 2.75) is 88.4 Å². The molecule has 0 amide bonds. The summed E-state index contributed by atoms with van der Waals surface area (Å²) in [6.07, 6.45) is 3.67. The molecule has 0 aliphatic carbocycles. The third kappa shape index (κ3) is 17.2. The first-order chi connectivity index (χ1) is 30.6. The average molecular weight is 947 g/mol. The Labute approximate surface area is 396 Å². The van der Waals surface area contributed by atoms with E-state index in [1.807, 2.05) is 24.3 Å². The number of nitrogens with zero attached hydrogens (tertiary/aromatic N) is 2. The minimum Gasteiger partial charge on any atom is -0.870 e. The Morgan fingerprint density at radius 2 is 0.910 bits per heavy atom. The second-order valence-corrected chi connectivity index (χ2v) is 16.4. The van der Waals surface area contributed by atoms with Gasteiger partial charge in [0.25, 0.3) is 0 Å². The van der Waals surface area contributed by atoms with Gasteiger partial charge in [0.15, 0.2) is 13.2 Å². The van der Waals surface area contributed by atoms with Crippen molar-refractivity contribution in [2.24, 2.45) is 0 Å². The Morgan fingerprint density at radius 1 is 0.582 bits per heavy atom. The largest absolute Gasteiger partial charge is 1.00 e. The van der Waals surface area contributed by atoms with Crippen LogP contribution in [-0.4, -0.2) is 115 Å². The Bertz CT molecular complexity index is 2110. The van der Waals surface area contributed by atoms with Crippen LogP contribution < -0.4 is 39.0 Å². The van der Waals surface area contributed by atoms with Gasteiger partial charge in [0, 0.05) is 76.6 Å². The number of likely N-dealkylation sites (tertiary alicyclic amines) is 2. The van der Waals surface area contributed by atoms with Crippen LogP contribution in [0.5, 0.6) is 11.5 Å². The topological polar surface area (TPSA) is 143 Å². The van der Waals surface area contributed by atoms with Crippen LogP contribution in [-0.2, 0) is 17.8 Å². The van der Waals surface area contributed by atoms with E-state index in [2.05, 4.69) is 20.4 Å². The van der Waals surface area contributed by atoms with Gasteiger partial charge in [0.1, 0.15) is 11.5 Å². The van der Waals surface area contributed by atoms with Crippen molar-refractivity contribution in [3.05, 3.63) is 119 Å². The van der Waals surface area contributed by atoms with Crippen molar-refractivity contribution in [1.82, 2.24) is 9.80 Å². The third-order valence-electron chi connectivity index (χ3n) is 11.1. The van der Waals surface area contributed by atoms with E-state index >= 15 is 0 Å². The zero-order valence-electron chi connectivity index (χ0n) is 37.7. The maximum atomic E-state index is 13.3. The monoisotopic (exact) mass is 946 g/mol. The van der Waals surface area contributed by atoms with E-state index in [9.17, 15) is 44.7 Å². The molecule has 0 radical (unpaired) electrons. The van der Waals surface area contributed by atoms with Gasteiger partial charge in [0.05, 0.1) is 18.2 Å². The third-order valence-corrected chi connectivity index (χ3v) is 11.1. The normalized spacial score (nSPS) is 15.4. The molecule has 0 spiro atoms. The Kier molecular flexibility index (Phi) is 20.8. The molecule has 2 aliphatic heterocycles. The Balaban J connectivity index is 0.000000345. The summed E-state index contributed by atoms with van der Waals surface area (Å²) in [5, 5.41) is 15.8. The number of carboxylic acids is 1. The van der Waals surface area contributed by atoms with Crippen molar-refractivity contribution < 1.29 is 88.4 Å². The minimum atomic E-state index is -4.24. The standard InChI is InChI=1S/C24H28F4N2O3.C23H26F4N2O3.Li.H2O/c1-23(25,26)24(27,28)16-33-21-9-7-19(8-10-21)29-20-11-13-30(14-12-20)15-17-3-5-18(6-4-17)22(31)32-2;1-22(24,25)23(26,27)15-32-20-8-6-18(7-9-20)28-19-10-12-29(13-11-19)14-16-2-4-17(5-3-16)21(30)31;;/h3-10,20,29H,11-16H2,1-2H3;2-9,19,28H,10-15H2,1H3,(H,30,31);;1H2/q;;+1;/p-1. The fraction of sp³-hybridized carbons (Fsp3) is 0.447. The number of piperidine rings is 2. The number of alkyl halides is 8. The summed E-state index contributed by atoms with van der Waals surface area (Å²) in [6.45, 7) is 2.67. The molecule has 6 rings (SSSR count). The second-order valence-electron chi connectivity index (χ2n) is 16.4. The predicted octanol–water partition coefficient (Wildman–Crippen LogP) is 7.18. The van der Waals surface area contributed by atoms with Crippen molar-refractivity contribution >= 4 is 23.3 Å². The van der Waals surface area contributed by atoms with E-state index < -0.39 is 42.9 Å². The quantitative estimate of drug-likeness (QED) is 0.0531. The molecule has 0 aromatic heterocycles. The maximum absolute atomic E-state index is 13.3. The second kappa shape index (κ2) is 24.8. The van der Waals surface area contributed by atoms with Crippen LogP contribution in [0.2, 0.25) is 0 Å². The molecule has 4 aromatic carbocycles. The number of hydrogen-bond acceptors (Lipinski definition) is 10. The number of rotatable bonds is 18. The van der Waals surface area contributed by atoms with Crippen molar-refractivity contribution in [2.75, 3.05) is 57.1 Å². The fourth-order valence-electron chi connectivity index (χ4n) is 6.97. The van der Waals surface area contributed by atoms with E-state index in [0.717, 1.165) is 87.5 Å². The van der Waals surface area contributed by atoms with Gasteiger partial charge >= 0.3 is 54.5 Å². The summed E-state index contributed by atoms with van der Waals surface area (Å²) >= 11 is 0. The first-order valence-corrected chi connectivity index (χ1v) is 21.0. The maximum Gasteiger partial charge on any atom is 1.00 e. The first kappa shape index (κ1) is 56.3. The number of hydrogen-bond donors (Lipinski definition) is 3. The molecule has 0 saturated carbocycles. The van der Waals surface area contributed by atoms with Crippen LogP contribution in [0.3, 0.4) is 0 Å². The molecule has 67 heavy (non-hydrogen) atoms. The van der Waals surface area contributed by atoms with Crippen molar-refractivity contribution in [3.8, 4) is 11.5 Å². The van der Waals surface area contributed by atoms with Gasteiger partial charge in [-0.2, -0.15) is 17.6 Å². The summed E-state index contributed by atoms with van der Waals surface area (Å²) < 4.78 is 119. The zero-order valence-corrected chi connectivity index (χ0v) is 37.7. The van der Waals surface area contributed by atoms with E-state index in [1.165, 1.54) is 31.4 Å². The predicted molar refractivity (Wildman–Crippen MR) is 232 cm³/mol. The number of nitrogens with one attached hydrogen (secondary N) is 2. The molecule has 0 bridgehead atoms. The van der Waals surface area contributed by atoms with Gasteiger partial charge in [-0.15, -0.1) is 0 Å². The van der Waals surface area contributed by atoms with Gasteiger partial charge < -0.3 is 35.4 Å². The van der Waals surface area contributed by atoms with Crippen LogP contribution in [0, 0.1) is 0 Å². The van der Waals surface area contributed by atoms with Crippen LogP contribution in [0.15, 0.2) is 97.1 Å². The van der Waals surface area contributed by atoms with Crippen molar-refractivity contribution in [1.29, 1.82) is 0 Å².